The maximum Gasteiger partial charge on any atom is 0.141 e. The van der Waals surface area contributed by atoms with Crippen molar-refractivity contribution in [3.8, 4) is 0 Å². The van der Waals surface area contributed by atoms with Crippen molar-refractivity contribution in [2.45, 2.75) is 32.9 Å². The van der Waals surface area contributed by atoms with Crippen LogP contribution in [0.1, 0.15) is 26.7 Å². The van der Waals surface area contributed by atoms with E-state index in [0.717, 1.165) is 35.8 Å². The van der Waals surface area contributed by atoms with Crippen molar-refractivity contribution in [3.63, 3.8) is 0 Å². The highest BCUT2D eigenvalue weighted by Gasteiger charge is 2.34. The first-order valence-corrected chi connectivity index (χ1v) is 10.0. The first-order chi connectivity index (χ1) is 12.5. The fraction of sp³-hybridized carbons (Fsp3) is 0.476. The molecule has 0 radical (unpaired) electrons. The zero-order valence-corrected chi connectivity index (χ0v) is 16.9. The first kappa shape index (κ1) is 20.7. The molecule has 2 aliphatic heterocycles. The van der Waals surface area contributed by atoms with Crippen molar-refractivity contribution in [1.82, 2.24) is 10.2 Å². The molecule has 2 heterocycles. The number of fused-ring (bicyclic) bond motifs is 1. The predicted molar refractivity (Wildman–Crippen MR) is 113 cm³/mol. The van der Waals surface area contributed by atoms with Gasteiger partial charge < -0.3 is 10.2 Å². The number of halogens is 1. The Hall–Kier alpha value is -1.59. The van der Waals surface area contributed by atoms with Gasteiger partial charge in [-0.1, -0.05) is 43.1 Å². The Kier molecular flexibility index (Phi) is 7.91. The van der Waals surface area contributed by atoms with Crippen molar-refractivity contribution in [3.05, 3.63) is 58.5 Å². The molecule has 0 spiro atoms. The molecule has 0 aliphatic carbocycles. The van der Waals surface area contributed by atoms with E-state index in [9.17, 15) is 4.39 Å². The Bertz CT molecular complexity index is 658. The van der Waals surface area contributed by atoms with Crippen LogP contribution in [-0.2, 0) is 0 Å². The summed E-state index contributed by atoms with van der Waals surface area (Å²) in [7, 11) is 1.99. The van der Waals surface area contributed by atoms with Crippen LogP contribution in [0.25, 0.3) is 0 Å². The molecule has 0 bridgehead atoms. The van der Waals surface area contributed by atoms with Crippen molar-refractivity contribution < 1.29 is 4.39 Å². The van der Waals surface area contributed by atoms with Crippen molar-refractivity contribution in [1.29, 1.82) is 0 Å². The number of hydrogen-bond acceptors (Lipinski definition) is 4. The van der Waals surface area contributed by atoms with Gasteiger partial charge >= 0.3 is 0 Å². The van der Waals surface area contributed by atoms with Crippen LogP contribution in [-0.4, -0.2) is 43.6 Å². The lowest BCUT2D eigenvalue weighted by Crippen LogP contribution is -2.33. The van der Waals surface area contributed by atoms with E-state index in [1.54, 1.807) is 18.7 Å². The molecule has 2 aliphatic rings. The molecule has 1 N–H and O–H groups in total. The maximum atomic E-state index is 13.0. The van der Waals surface area contributed by atoms with E-state index >= 15 is 0 Å². The number of alkyl halides is 1. The monoisotopic (exact) mass is 375 g/mol. The molecule has 0 aromatic heterocycles. The molecular formula is C21H30FN3S. The lowest BCUT2D eigenvalue weighted by atomic mass is 9.99. The Labute approximate surface area is 161 Å². The van der Waals surface area contributed by atoms with Gasteiger partial charge in [0.1, 0.15) is 12.0 Å². The van der Waals surface area contributed by atoms with Gasteiger partial charge in [0.15, 0.2) is 0 Å². The molecule has 2 unspecified atom stereocenters. The second-order valence-corrected chi connectivity index (χ2v) is 7.76. The van der Waals surface area contributed by atoms with Crippen LogP contribution in [0.5, 0.6) is 0 Å². The number of nitrogens with zero attached hydrogens (tertiary/aromatic N) is 2. The highest BCUT2D eigenvalue weighted by Crippen LogP contribution is 2.37. The lowest BCUT2D eigenvalue weighted by Gasteiger charge is -2.29. The molecule has 0 saturated carbocycles. The van der Waals surface area contributed by atoms with Crippen LogP contribution in [0.15, 0.2) is 63.5 Å². The quantitative estimate of drug-likeness (QED) is 0.585. The average molecular weight is 376 g/mol. The summed E-state index contributed by atoms with van der Waals surface area (Å²) in [5, 5.41) is 5.31. The number of nitrogens with one attached hydrogen (secondary N) is 1. The molecular weight excluding hydrogens is 345 g/mol. The average Bonchev–Trinajstić information content (AvgIpc) is 3.02. The third-order valence-corrected chi connectivity index (χ3v) is 5.37. The van der Waals surface area contributed by atoms with Gasteiger partial charge in [0, 0.05) is 17.1 Å². The summed E-state index contributed by atoms with van der Waals surface area (Å²) in [4.78, 5) is 8.08. The summed E-state index contributed by atoms with van der Waals surface area (Å²) >= 11 is 1.61. The highest BCUT2D eigenvalue weighted by atomic mass is 32.2. The summed E-state index contributed by atoms with van der Waals surface area (Å²) in [6, 6.07) is 0. The largest absolute Gasteiger partial charge is 0.329 e. The van der Waals surface area contributed by atoms with Gasteiger partial charge in [-0.15, -0.1) is 0 Å². The number of thioether (sulfide) groups is 1. The van der Waals surface area contributed by atoms with Crippen LogP contribution in [0.4, 0.5) is 4.39 Å². The molecule has 142 valence electrons. The van der Waals surface area contributed by atoms with Gasteiger partial charge in [-0.2, -0.15) is 0 Å². The van der Waals surface area contributed by atoms with Crippen molar-refractivity contribution in [2.24, 2.45) is 10.9 Å². The molecule has 1 fully saturated rings. The van der Waals surface area contributed by atoms with E-state index in [2.05, 4.69) is 23.4 Å². The number of aliphatic imine (C=N–C) groups is 1. The summed E-state index contributed by atoms with van der Waals surface area (Å²) in [6.45, 7) is 14.5. The number of hydrogen-bond donors (Lipinski definition) is 1. The standard InChI is InChI=1S/C21H30FN3S/c1-6-10-26-17(4)21-24-13-19(15(2)8-7-9-16(3)22)20-11-18(12-23-5)14-25(20)21/h6-8,10,16,18,23H,2,4,9,11-14H2,1,3,5H3/b8-7-,10-6-. The summed E-state index contributed by atoms with van der Waals surface area (Å²) in [6.07, 6.45) is 6.40. The maximum absolute atomic E-state index is 13.0. The van der Waals surface area contributed by atoms with E-state index in [1.807, 2.05) is 37.6 Å². The molecule has 5 heteroatoms. The second kappa shape index (κ2) is 9.93. The predicted octanol–water partition coefficient (Wildman–Crippen LogP) is 4.83. The summed E-state index contributed by atoms with van der Waals surface area (Å²) in [5.74, 6) is 1.51. The van der Waals surface area contributed by atoms with Gasteiger partial charge in [-0.3, -0.25) is 4.99 Å². The SMILES string of the molecule is C=C(/C=C\CC(C)F)C1=C2CC(CNC)CN2C(C(=C)S/C=C\C)=NC1. The number of amidine groups is 1. The van der Waals surface area contributed by atoms with Crippen LogP contribution < -0.4 is 5.32 Å². The highest BCUT2D eigenvalue weighted by molar-refractivity contribution is 8.06. The molecule has 26 heavy (non-hydrogen) atoms. The van der Waals surface area contributed by atoms with Crippen LogP contribution in [0.2, 0.25) is 0 Å². The Morgan fingerprint density at radius 3 is 2.92 bits per heavy atom. The normalized spacial score (nSPS) is 21.5. The van der Waals surface area contributed by atoms with Gasteiger partial charge in [0.25, 0.3) is 0 Å². The fourth-order valence-electron chi connectivity index (χ4n) is 3.30. The minimum absolute atomic E-state index is 0.416. The van der Waals surface area contributed by atoms with Crippen LogP contribution >= 0.6 is 11.8 Å². The third-order valence-electron chi connectivity index (χ3n) is 4.50. The Morgan fingerprint density at radius 1 is 1.50 bits per heavy atom. The van der Waals surface area contributed by atoms with Gasteiger partial charge in [-0.05, 0) is 62.8 Å². The Morgan fingerprint density at radius 2 is 2.27 bits per heavy atom. The van der Waals surface area contributed by atoms with Crippen molar-refractivity contribution in [2.75, 3.05) is 26.7 Å². The number of rotatable bonds is 9. The molecule has 3 nitrogen and oxygen atoms in total. The lowest BCUT2D eigenvalue weighted by molar-refractivity contribution is 0.365. The van der Waals surface area contributed by atoms with E-state index < -0.39 is 6.17 Å². The first-order valence-electron chi connectivity index (χ1n) is 9.13. The zero-order valence-electron chi connectivity index (χ0n) is 16.1. The topological polar surface area (TPSA) is 27.6 Å². The third kappa shape index (κ3) is 5.21. The van der Waals surface area contributed by atoms with E-state index in [1.165, 1.54) is 11.3 Å². The second-order valence-electron chi connectivity index (χ2n) is 6.76. The smallest absolute Gasteiger partial charge is 0.141 e. The van der Waals surface area contributed by atoms with E-state index in [0.29, 0.717) is 18.9 Å². The minimum atomic E-state index is -0.831. The molecule has 2 rings (SSSR count). The molecule has 0 amide bonds. The fourth-order valence-corrected chi connectivity index (χ4v) is 3.88. The Balaban J connectivity index is 2.23. The van der Waals surface area contributed by atoms with E-state index in [-0.39, 0.29) is 0 Å². The molecule has 0 aromatic rings. The molecule has 1 saturated heterocycles. The van der Waals surface area contributed by atoms with Crippen LogP contribution in [0.3, 0.4) is 0 Å². The minimum Gasteiger partial charge on any atom is -0.329 e. The van der Waals surface area contributed by atoms with Crippen molar-refractivity contribution >= 4 is 17.6 Å². The van der Waals surface area contributed by atoms with Gasteiger partial charge in [-0.25, -0.2) is 4.39 Å². The summed E-state index contributed by atoms with van der Waals surface area (Å²) < 4.78 is 13.0. The van der Waals surface area contributed by atoms with Gasteiger partial charge in [0.05, 0.1) is 6.54 Å². The molecule has 2 atom stereocenters. The number of allylic oxidation sites excluding steroid dienone is 4. The summed E-state index contributed by atoms with van der Waals surface area (Å²) in [5.41, 5.74) is 3.39. The zero-order chi connectivity index (χ0) is 19.1. The van der Waals surface area contributed by atoms with E-state index in [4.69, 9.17) is 4.99 Å². The van der Waals surface area contributed by atoms with Crippen LogP contribution in [0, 0.1) is 5.92 Å². The molecule has 0 aromatic carbocycles. The van der Waals surface area contributed by atoms with Gasteiger partial charge in [0.2, 0.25) is 0 Å².